The van der Waals surface area contributed by atoms with Crippen molar-refractivity contribution in [3.63, 3.8) is 0 Å². The summed E-state index contributed by atoms with van der Waals surface area (Å²) in [5.74, 6) is 0.663. The van der Waals surface area contributed by atoms with Crippen LogP contribution in [0, 0.1) is 0 Å². The Kier molecular flexibility index (Phi) is 5.00. The van der Waals surface area contributed by atoms with E-state index in [2.05, 4.69) is 20.9 Å². The fourth-order valence-corrected chi connectivity index (χ4v) is 1.38. The highest BCUT2D eigenvalue weighted by molar-refractivity contribution is 5.93. The van der Waals surface area contributed by atoms with Crippen LogP contribution in [0.25, 0.3) is 0 Å². The topological polar surface area (TPSA) is 65.5 Å². The smallest absolute Gasteiger partial charge is 0.251 e. The van der Waals surface area contributed by atoms with E-state index in [0.29, 0.717) is 12.1 Å². The standard InChI is InChI=1S/C12H18N4O/c1-13-11(17)10-6-4-9(5-7-10)8-16-12(14-2)15-3/h4-7H,8H2,1-3H3,(H,13,17)(H2,14,15,16). The van der Waals surface area contributed by atoms with Crippen molar-refractivity contribution in [1.82, 2.24) is 16.0 Å². The Morgan fingerprint density at radius 3 is 2.29 bits per heavy atom. The number of aliphatic imine (C=N–C) groups is 1. The van der Waals surface area contributed by atoms with Crippen LogP contribution in [-0.4, -0.2) is 33.0 Å². The molecule has 92 valence electrons. The lowest BCUT2D eigenvalue weighted by Crippen LogP contribution is -2.34. The summed E-state index contributed by atoms with van der Waals surface area (Å²) in [7, 11) is 5.15. The summed E-state index contributed by atoms with van der Waals surface area (Å²) in [6.45, 7) is 0.668. The van der Waals surface area contributed by atoms with Crippen molar-refractivity contribution < 1.29 is 4.79 Å². The Hall–Kier alpha value is -2.04. The third kappa shape index (κ3) is 3.79. The summed E-state index contributed by atoms with van der Waals surface area (Å²) >= 11 is 0. The van der Waals surface area contributed by atoms with E-state index < -0.39 is 0 Å². The number of rotatable bonds is 3. The predicted molar refractivity (Wildman–Crippen MR) is 69.1 cm³/mol. The van der Waals surface area contributed by atoms with Crippen molar-refractivity contribution >= 4 is 11.9 Å². The fourth-order valence-electron chi connectivity index (χ4n) is 1.38. The number of amides is 1. The molecule has 1 rings (SSSR count). The van der Waals surface area contributed by atoms with E-state index in [1.54, 1.807) is 26.2 Å². The molecule has 3 N–H and O–H groups in total. The summed E-state index contributed by atoms with van der Waals surface area (Å²) in [4.78, 5) is 15.3. The second-order valence-corrected chi connectivity index (χ2v) is 3.45. The monoisotopic (exact) mass is 234 g/mol. The second-order valence-electron chi connectivity index (χ2n) is 3.45. The maximum Gasteiger partial charge on any atom is 0.251 e. The van der Waals surface area contributed by atoms with Gasteiger partial charge in [0.2, 0.25) is 0 Å². The van der Waals surface area contributed by atoms with Crippen LogP contribution in [0.1, 0.15) is 15.9 Å². The highest BCUT2D eigenvalue weighted by Gasteiger charge is 2.02. The number of hydrogen-bond donors (Lipinski definition) is 3. The number of nitrogens with one attached hydrogen (secondary N) is 3. The highest BCUT2D eigenvalue weighted by Crippen LogP contribution is 2.03. The summed E-state index contributed by atoms with van der Waals surface area (Å²) in [5, 5.41) is 8.66. The zero-order chi connectivity index (χ0) is 12.7. The van der Waals surface area contributed by atoms with E-state index in [9.17, 15) is 4.79 Å². The van der Waals surface area contributed by atoms with E-state index in [1.165, 1.54) is 0 Å². The lowest BCUT2D eigenvalue weighted by molar-refractivity contribution is 0.0963. The number of carbonyl (C=O) groups excluding carboxylic acids is 1. The number of guanidine groups is 1. The van der Waals surface area contributed by atoms with Crippen LogP contribution in [0.15, 0.2) is 29.3 Å². The third-order valence-corrected chi connectivity index (χ3v) is 2.36. The van der Waals surface area contributed by atoms with Gasteiger partial charge < -0.3 is 16.0 Å². The molecule has 1 amide bonds. The Bertz CT molecular complexity index is 397. The first-order valence-corrected chi connectivity index (χ1v) is 5.40. The van der Waals surface area contributed by atoms with E-state index >= 15 is 0 Å². The summed E-state index contributed by atoms with van der Waals surface area (Å²) in [6.07, 6.45) is 0. The van der Waals surface area contributed by atoms with Crippen LogP contribution < -0.4 is 16.0 Å². The van der Waals surface area contributed by atoms with Gasteiger partial charge in [-0.25, -0.2) is 0 Å². The van der Waals surface area contributed by atoms with Gasteiger partial charge in [-0.05, 0) is 17.7 Å². The van der Waals surface area contributed by atoms with Crippen LogP contribution in [-0.2, 0) is 6.54 Å². The molecule has 0 unspecified atom stereocenters. The number of hydrogen-bond acceptors (Lipinski definition) is 2. The van der Waals surface area contributed by atoms with Gasteiger partial charge >= 0.3 is 0 Å². The minimum Gasteiger partial charge on any atom is -0.359 e. The Morgan fingerprint density at radius 1 is 1.18 bits per heavy atom. The molecule has 0 fully saturated rings. The van der Waals surface area contributed by atoms with Crippen LogP contribution >= 0.6 is 0 Å². The molecule has 0 aliphatic carbocycles. The molecule has 0 radical (unpaired) electrons. The SMILES string of the molecule is CN=C(NC)NCc1ccc(C(=O)NC)cc1. The van der Waals surface area contributed by atoms with Gasteiger partial charge in [0, 0.05) is 33.3 Å². The zero-order valence-corrected chi connectivity index (χ0v) is 10.4. The molecule has 0 atom stereocenters. The number of carbonyl (C=O) groups is 1. The molecule has 0 saturated heterocycles. The predicted octanol–water partition coefficient (Wildman–Crippen LogP) is 0.341. The number of benzene rings is 1. The summed E-state index contributed by atoms with van der Waals surface area (Å²) < 4.78 is 0. The van der Waals surface area contributed by atoms with Gasteiger partial charge in [-0.2, -0.15) is 0 Å². The van der Waals surface area contributed by atoms with E-state index in [-0.39, 0.29) is 5.91 Å². The maximum absolute atomic E-state index is 11.3. The molecule has 17 heavy (non-hydrogen) atoms. The molecular formula is C12H18N4O. The Labute approximate surface area is 101 Å². The molecule has 5 heteroatoms. The first-order chi connectivity index (χ1) is 8.21. The van der Waals surface area contributed by atoms with E-state index in [0.717, 1.165) is 11.5 Å². The zero-order valence-electron chi connectivity index (χ0n) is 10.4. The van der Waals surface area contributed by atoms with E-state index in [4.69, 9.17) is 0 Å². The first kappa shape index (κ1) is 13.0. The molecule has 0 bridgehead atoms. The lowest BCUT2D eigenvalue weighted by atomic mass is 10.1. The molecule has 1 aromatic carbocycles. The van der Waals surface area contributed by atoms with Crippen molar-refractivity contribution in [2.75, 3.05) is 21.1 Å². The van der Waals surface area contributed by atoms with Crippen molar-refractivity contribution in [3.8, 4) is 0 Å². The normalized spacial score (nSPS) is 10.9. The molecular weight excluding hydrogens is 216 g/mol. The molecule has 0 saturated carbocycles. The van der Waals surface area contributed by atoms with Crippen molar-refractivity contribution in [3.05, 3.63) is 35.4 Å². The fraction of sp³-hybridized carbons (Fsp3) is 0.333. The lowest BCUT2D eigenvalue weighted by Gasteiger charge is -2.08. The van der Waals surface area contributed by atoms with Crippen LogP contribution in [0.5, 0.6) is 0 Å². The van der Waals surface area contributed by atoms with Crippen molar-refractivity contribution in [1.29, 1.82) is 0 Å². The second kappa shape index (κ2) is 6.52. The largest absolute Gasteiger partial charge is 0.359 e. The highest BCUT2D eigenvalue weighted by atomic mass is 16.1. The van der Waals surface area contributed by atoms with Gasteiger partial charge in [-0.1, -0.05) is 12.1 Å². The third-order valence-electron chi connectivity index (χ3n) is 2.36. The molecule has 1 aromatic rings. The average Bonchev–Trinajstić information content (AvgIpc) is 2.39. The quantitative estimate of drug-likeness (QED) is 0.522. The first-order valence-electron chi connectivity index (χ1n) is 5.40. The minimum absolute atomic E-state index is 0.0736. The van der Waals surface area contributed by atoms with Gasteiger partial charge in [0.15, 0.2) is 5.96 Å². The van der Waals surface area contributed by atoms with Gasteiger partial charge in [0.1, 0.15) is 0 Å². The molecule has 0 spiro atoms. The summed E-state index contributed by atoms with van der Waals surface area (Å²) in [5.41, 5.74) is 1.75. The van der Waals surface area contributed by atoms with Gasteiger partial charge in [0.25, 0.3) is 5.91 Å². The van der Waals surface area contributed by atoms with Gasteiger partial charge in [-0.3, -0.25) is 9.79 Å². The molecule has 0 aliphatic heterocycles. The molecule has 0 heterocycles. The van der Waals surface area contributed by atoms with Crippen molar-refractivity contribution in [2.24, 2.45) is 4.99 Å². The maximum atomic E-state index is 11.3. The van der Waals surface area contributed by atoms with Gasteiger partial charge in [-0.15, -0.1) is 0 Å². The molecule has 0 aliphatic rings. The number of nitrogens with zero attached hydrogens (tertiary/aromatic N) is 1. The van der Waals surface area contributed by atoms with Gasteiger partial charge in [0.05, 0.1) is 0 Å². The Balaban J connectivity index is 2.60. The van der Waals surface area contributed by atoms with E-state index in [1.807, 2.05) is 19.2 Å². The van der Waals surface area contributed by atoms with Crippen LogP contribution in [0.3, 0.4) is 0 Å². The average molecular weight is 234 g/mol. The minimum atomic E-state index is -0.0736. The van der Waals surface area contributed by atoms with Crippen LogP contribution in [0.4, 0.5) is 0 Å². The molecule has 5 nitrogen and oxygen atoms in total. The van der Waals surface area contributed by atoms with Crippen LogP contribution in [0.2, 0.25) is 0 Å². The summed E-state index contributed by atoms with van der Waals surface area (Å²) in [6, 6.07) is 7.44. The van der Waals surface area contributed by atoms with Crippen molar-refractivity contribution in [2.45, 2.75) is 6.54 Å². The Morgan fingerprint density at radius 2 is 1.82 bits per heavy atom. The molecule has 0 aromatic heterocycles.